The number of aliphatic imine (C=N–C) groups is 1. The fraction of sp³-hybridized carbons (Fsp3) is 0.500. The van der Waals surface area contributed by atoms with Crippen LogP contribution in [0.5, 0.6) is 0 Å². The molecule has 1 aromatic heterocycles. The molecule has 1 aromatic carbocycles. The van der Waals surface area contributed by atoms with E-state index in [4.69, 9.17) is 9.15 Å². The summed E-state index contributed by atoms with van der Waals surface area (Å²) in [5, 5.41) is 9.66. The highest BCUT2D eigenvalue weighted by Crippen LogP contribution is 2.26. The highest BCUT2D eigenvalue weighted by molar-refractivity contribution is 5.92. The van der Waals surface area contributed by atoms with Crippen molar-refractivity contribution in [1.82, 2.24) is 10.6 Å². The molecule has 0 radical (unpaired) electrons. The molecule has 0 saturated heterocycles. The summed E-state index contributed by atoms with van der Waals surface area (Å²) in [5.41, 5.74) is 1.90. The molecule has 3 rings (SSSR count). The van der Waals surface area contributed by atoms with Gasteiger partial charge in [0.15, 0.2) is 5.96 Å². The molecule has 1 aliphatic carbocycles. The van der Waals surface area contributed by atoms with Crippen LogP contribution < -0.4 is 16.0 Å². The molecular formula is C24H34N4O3. The number of ether oxygens (including phenoxy) is 1. The molecule has 31 heavy (non-hydrogen) atoms. The van der Waals surface area contributed by atoms with Crippen LogP contribution >= 0.6 is 0 Å². The van der Waals surface area contributed by atoms with Gasteiger partial charge in [0, 0.05) is 31.3 Å². The van der Waals surface area contributed by atoms with Crippen molar-refractivity contribution in [2.24, 2.45) is 10.9 Å². The number of nitrogens with one attached hydrogen (secondary N) is 3. The molecule has 1 heterocycles. The zero-order valence-electron chi connectivity index (χ0n) is 18.4. The summed E-state index contributed by atoms with van der Waals surface area (Å²) in [6.45, 7) is 5.28. The van der Waals surface area contributed by atoms with Gasteiger partial charge in [0.05, 0.1) is 12.8 Å². The van der Waals surface area contributed by atoms with Crippen molar-refractivity contribution in [3.8, 4) is 0 Å². The molecule has 1 amide bonds. The lowest BCUT2D eigenvalue weighted by molar-refractivity contribution is -0.119. The Morgan fingerprint density at radius 3 is 2.84 bits per heavy atom. The maximum Gasteiger partial charge on any atom is 0.227 e. The van der Waals surface area contributed by atoms with Crippen LogP contribution in [0.2, 0.25) is 0 Å². The number of hydrogen-bond donors (Lipinski definition) is 3. The predicted octanol–water partition coefficient (Wildman–Crippen LogP) is 4.07. The van der Waals surface area contributed by atoms with Crippen molar-refractivity contribution in [3.05, 3.63) is 54.0 Å². The van der Waals surface area contributed by atoms with E-state index in [-0.39, 0.29) is 11.8 Å². The Hall–Kier alpha value is -2.80. The number of guanidine groups is 1. The minimum atomic E-state index is 0.141. The van der Waals surface area contributed by atoms with Crippen LogP contribution in [0.25, 0.3) is 0 Å². The first-order valence-electron chi connectivity index (χ1n) is 11.3. The molecule has 0 aliphatic heterocycles. The highest BCUT2D eigenvalue weighted by atomic mass is 16.5. The van der Waals surface area contributed by atoms with Gasteiger partial charge in [0.1, 0.15) is 12.4 Å². The zero-order chi connectivity index (χ0) is 21.7. The molecule has 0 unspecified atom stereocenters. The average Bonchev–Trinajstić information content (AvgIpc) is 3.49. The van der Waals surface area contributed by atoms with Gasteiger partial charge in [-0.1, -0.05) is 25.0 Å². The summed E-state index contributed by atoms with van der Waals surface area (Å²) in [6, 6.07) is 11.7. The molecule has 3 N–H and O–H groups in total. The van der Waals surface area contributed by atoms with Gasteiger partial charge >= 0.3 is 0 Å². The first-order chi connectivity index (χ1) is 15.2. The van der Waals surface area contributed by atoms with Gasteiger partial charge in [-0.3, -0.25) is 4.79 Å². The second kappa shape index (κ2) is 12.8. The number of amides is 1. The molecule has 0 bridgehead atoms. The van der Waals surface area contributed by atoms with Crippen LogP contribution in [-0.4, -0.2) is 31.6 Å². The molecule has 1 saturated carbocycles. The van der Waals surface area contributed by atoms with E-state index in [9.17, 15) is 4.79 Å². The van der Waals surface area contributed by atoms with E-state index < -0.39 is 0 Å². The van der Waals surface area contributed by atoms with Crippen LogP contribution in [0, 0.1) is 5.92 Å². The number of hydrogen-bond acceptors (Lipinski definition) is 4. The van der Waals surface area contributed by atoms with Gasteiger partial charge < -0.3 is 25.1 Å². The quantitative estimate of drug-likeness (QED) is 0.286. The van der Waals surface area contributed by atoms with Gasteiger partial charge in [0.25, 0.3) is 0 Å². The molecule has 2 aromatic rings. The molecule has 0 atom stereocenters. The maximum atomic E-state index is 12.4. The molecule has 168 valence electrons. The number of anilines is 1. The van der Waals surface area contributed by atoms with E-state index in [1.165, 1.54) is 0 Å². The lowest BCUT2D eigenvalue weighted by Gasteiger charge is -2.12. The first kappa shape index (κ1) is 22.9. The van der Waals surface area contributed by atoms with E-state index in [0.717, 1.165) is 68.2 Å². The van der Waals surface area contributed by atoms with E-state index in [1.807, 2.05) is 43.3 Å². The second-order valence-corrected chi connectivity index (χ2v) is 7.78. The molecule has 1 aliphatic rings. The number of rotatable bonds is 11. The van der Waals surface area contributed by atoms with Gasteiger partial charge in [-0.15, -0.1) is 0 Å². The normalized spacial score (nSPS) is 14.5. The standard InChI is InChI=1S/C24H34N4O3/c1-2-25-24(26-13-7-14-30-18-22-12-6-15-31-22)27-17-19-8-5-11-21(16-19)28-23(29)20-9-3-4-10-20/h5-6,8,11-12,15-16,20H,2-4,7,9-10,13-14,17-18H2,1H3,(H,28,29)(H2,25,26,27). The summed E-state index contributed by atoms with van der Waals surface area (Å²) in [7, 11) is 0. The smallest absolute Gasteiger partial charge is 0.227 e. The Morgan fingerprint density at radius 1 is 1.19 bits per heavy atom. The summed E-state index contributed by atoms with van der Waals surface area (Å²) in [5.74, 6) is 1.91. The number of benzene rings is 1. The molecule has 0 spiro atoms. The number of furan rings is 1. The van der Waals surface area contributed by atoms with Crippen molar-refractivity contribution < 1.29 is 13.9 Å². The van der Waals surface area contributed by atoms with Crippen molar-refractivity contribution in [3.63, 3.8) is 0 Å². The van der Waals surface area contributed by atoms with Crippen molar-refractivity contribution >= 4 is 17.6 Å². The Morgan fingerprint density at radius 2 is 2.06 bits per heavy atom. The SMILES string of the molecule is CCNC(=NCc1cccc(NC(=O)C2CCCC2)c1)NCCCOCc1ccco1. The van der Waals surface area contributed by atoms with Crippen LogP contribution in [-0.2, 0) is 22.7 Å². The molecule has 7 nitrogen and oxygen atoms in total. The van der Waals surface area contributed by atoms with Crippen molar-refractivity contribution in [2.75, 3.05) is 25.0 Å². The fourth-order valence-corrected chi connectivity index (χ4v) is 3.64. The van der Waals surface area contributed by atoms with Crippen LogP contribution in [0.4, 0.5) is 5.69 Å². The topological polar surface area (TPSA) is 87.9 Å². The molecular weight excluding hydrogens is 392 g/mol. The van der Waals surface area contributed by atoms with E-state index in [1.54, 1.807) is 6.26 Å². The van der Waals surface area contributed by atoms with Gasteiger partial charge in [-0.25, -0.2) is 4.99 Å². The van der Waals surface area contributed by atoms with Crippen LogP contribution in [0.1, 0.15) is 50.4 Å². The predicted molar refractivity (Wildman–Crippen MR) is 123 cm³/mol. The number of carbonyl (C=O) groups excluding carboxylic acids is 1. The van der Waals surface area contributed by atoms with E-state index in [0.29, 0.717) is 19.8 Å². The Labute approximate surface area is 184 Å². The third kappa shape index (κ3) is 8.09. The molecule has 1 fully saturated rings. The van der Waals surface area contributed by atoms with Crippen molar-refractivity contribution in [2.45, 2.75) is 52.2 Å². The second-order valence-electron chi connectivity index (χ2n) is 7.78. The number of nitrogens with zero attached hydrogens (tertiary/aromatic N) is 1. The Balaban J connectivity index is 1.41. The van der Waals surface area contributed by atoms with E-state index in [2.05, 4.69) is 20.9 Å². The zero-order valence-corrected chi connectivity index (χ0v) is 18.4. The summed E-state index contributed by atoms with van der Waals surface area (Å²) in [4.78, 5) is 17.0. The summed E-state index contributed by atoms with van der Waals surface area (Å²) < 4.78 is 10.8. The average molecular weight is 427 g/mol. The third-order valence-corrected chi connectivity index (χ3v) is 5.27. The van der Waals surface area contributed by atoms with Crippen molar-refractivity contribution in [1.29, 1.82) is 0 Å². The maximum absolute atomic E-state index is 12.4. The van der Waals surface area contributed by atoms with E-state index >= 15 is 0 Å². The van der Waals surface area contributed by atoms with Crippen LogP contribution in [0.3, 0.4) is 0 Å². The summed E-state index contributed by atoms with van der Waals surface area (Å²) >= 11 is 0. The monoisotopic (exact) mass is 426 g/mol. The van der Waals surface area contributed by atoms with Crippen LogP contribution in [0.15, 0.2) is 52.1 Å². The lowest BCUT2D eigenvalue weighted by atomic mass is 10.1. The minimum absolute atomic E-state index is 0.141. The van der Waals surface area contributed by atoms with Gasteiger partial charge in [-0.2, -0.15) is 0 Å². The largest absolute Gasteiger partial charge is 0.467 e. The number of carbonyl (C=O) groups is 1. The Bertz CT molecular complexity index is 814. The summed E-state index contributed by atoms with van der Waals surface area (Å²) in [6.07, 6.45) is 6.83. The Kier molecular flexibility index (Phi) is 9.44. The first-order valence-corrected chi connectivity index (χ1v) is 11.3. The van der Waals surface area contributed by atoms with Gasteiger partial charge in [0.2, 0.25) is 5.91 Å². The fourth-order valence-electron chi connectivity index (χ4n) is 3.64. The van der Waals surface area contributed by atoms with Gasteiger partial charge in [-0.05, 0) is 56.0 Å². The third-order valence-electron chi connectivity index (χ3n) is 5.27. The molecule has 7 heteroatoms. The minimum Gasteiger partial charge on any atom is -0.467 e. The lowest BCUT2D eigenvalue weighted by Crippen LogP contribution is -2.38. The highest BCUT2D eigenvalue weighted by Gasteiger charge is 2.22.